The van der Waals surface area contributed by atoms with Gasteiger partial charge in [-0.3, -0.25) is 4.90 Å². The van der Waals surface area contributed by atoms with Crippen LogP contribution in [0.5, 0.6) is 0 Å². The number of benzene rings is 2. The molecule has 1 saturated heterocycles. The predicted octanol–water partition coefficient (Wildman–Crippen LogP) is 5.25. The Hall–Kier alpha value is -1.95. The molecule has 1 fully saturated rings. The molecule has 1 unspecified atom stereocenters. The summed E-state index contributed by atoms with van der Waals surface area (Å²) in [6.07, 6.45) is 4.64. The van der Waals surface area contributed by atoms with Crippen molar-refractivity contribution in [2.24, 2.45) is 0 Å². The highest BCUT2D eigenvalue weighted by Gasteiger charge is 2.16. The van der Waals surface area contributed by atoms with Crippen molar-refractivity contribution in [1.29, 1.82) is 0 Å². The second-order valence-corrected chi connectivity index (χ2v) is 8.55. The van der Waals surface area contributed by atoms with Crippen LogP contribution in [-0.2, 0) is 0 Å². The largest absolute Gasteiger partial charge is 0.388 e. The van der Waals surface area contributed by atoms with Gasteiger partial charge >= 0.3 is 0 Å². The third kappa shape index (κ3) is 7.08. The third-order valence-corrected chi connectivity index (χ3v) is 6.21. The van der Waals surface area contributed by atoms with Crippen molar-refractivity contribution < 1.29 is 5.11 Å². The first-order valence-corrected chi connectivity index (χ1v) is 11.7. The van der Waals surface area contributed by atoms with E-state index in [1.165, 1.54) is 12.1 Å². The number of rotatable bonds is 10. The van der Waals surface area contributed by atoms with Crippen LogP contribution >= 0.6 is 12.2 Å². The summed E-state index contributed by atoms with van der Waals surface area (Å²) in [4.78, 5) is 5.87. The van der Waals surface area contributed by atoms with Crippen LogP contribution in [-0.4, -0.2) is 47.7 Å². The van der Waals surface area contributed by atoms with E-state index in [9.17, 15) is 5.11 Å². The van der Waals surface area contributed by atoms with Gasteiger partial charge in [0.2, 0.25) is 0 Å². The molecule has 1 aliphatic rings. The standard InChI is InChI=1S/C25H35N3OS/c1-2-25(30)26-22-11-9-10-21(20-22)24(29)14-7-4-8-15-27-16-18-28(19-17-27)23-12-5-3-6-13-23/h3,5-6,9-13,20,24,29H,2,4,7-8,14-19H2,1H3,(H,26,30). The van der Waals surface area contributed by atoms with Gasteiger partial charge in [-0.15, -0.1) is 0 Å². The number of hydrogen-bond acceptors (Lipinski definition) is 4. The normalized spacial score (nSPS) is 15.7. The van der Waals surface area contributed by atoms with Gasteiger partial charge in [-0.05, 0) is 55.6 Å². The van der Waals surface area contributed by atoms with E-state index in [0.29, 0.717) is 0 Å². The molecule has 0 bridgehead atoms. The Morgan fingerprint density at radius 1 is 1.00 bits per heavy atom. The van der Waals surface area contributed by atoms with Gasteiger partial charge < -0.3 is 15.3 Å². The van der Waals surface area contributed by atoms with E-state index in [4.69, 9.17) is 12.2 Å². The number of nitrogens with zero attached hydrogens (tertiary/aromatic N) is 2. The molecule has 0 amide bonds. The topological polar surface area (TPSA) is 38.7 Å². The quantitative estimate of drug-likeness (QED) is 0.402. The molecule has 0 spiro atoms. The number of nitrogens with one attached hydrogen (secondary N) is 1. The molecule has 0 aromatic heterocycles. The van der Waals surface area contributed by atoms with Crippen molar-refractivity contribution in [2.45, 2.75) is 45.1 Å². The van der Waals surface area contributed by atoms with Gasteiger partial charge in [0.05, 0.1) is 11.1 Å². The maximum Gasteiger partial charge on any atom is 0.0794 e. The Kier molecular flexibility index (Phi) is 9.12. The highest BCUT2D eigenvalue weighted by molar-refractivity contribution is 7.80. The van der Waals surface area contributed by atoms with Gasteiger partial charge in [-0.25, -0.2) is 0 Å². The SMILES string of the molecule is CCC(=S)Nc1cccc(C(O)CCCCCN2CCN(c3ccccc3)CC2)c1. The predicted molar refractivity (Wildman–Crippen MR) is 131 cm³/mol. The number of hydrogen-bond donors (Lipinski definition) is 2. The third-order valence-electron chi connectivity index (χ3n) is 5.82. The van der Waals surface area contributed by atoms with Crippen LogP contribution in [0.3, 0.4) is 0 Å². The summed E-state index contributed by atoms with van der Waals surface area (Å²) in [5.74, 6) is 0. The summed E-state index contributed by atoms with van der Waals surface area (Å²) < 4.78 is 0. The fourth-order valence-electron chi connectivity index (χ4n) is 3.96. The first kappa shape index (κ1) is 22.7. The minimum atomic E-state index is -0.406. The molecule has 0 saturated carbocycles. The second kappa shape index (κ2) is 12.0. The fraction of sp³-hybridized carbons (Fsp3) is 0.480. The number of aliphatic hydroxyl groups is 1. The molecule has 4 nitrogen and oxygen atoms in total. The minimum Gasteiger partial charge on any atom is -0.388 e. The Morgan fingerprint density at radius 3 is 2.50 bits per heavy atom. The fourth-order valence-corrected chi connectivity index (χ4v) is 4.08. The zero-order valence-corrected chi connectivity index (χ0v) is 18.9. The zero-order valence-electron chi connectivity index (χ0n) is 18.1. The minimum absolute atomic E-state index is 0.406. The average Bonchev–Trinajstić information content (AvgIpc) is 2.80. The van der Waals surface area contributed by atoms with Crippen LogP contribution < -0.4 is 10.2 Å². The molecule has 2 aromatic rings. The molecular formula is C25H35N3OS. The lowest BCUT2D eigenvalue weighted by atomic mass is 10.0. The molecule has 5 heteroatoms. The number of aliphatic hydroxyl groups excluding tert-OH is 1. The van der Waals surface area contributed by atoms with Crippen molar-refractivity contribution >= 4 is 28.6 Å². The summed E-state index contributed by atoms with van der Waals surface area (Å²) in [5, 5.41) is 13.8. The lowest BCUT2D eigenvalue weighted by Crippen LogP contribution is -2.46. The van der Waals surface area contributed by atoms with E-state index in [0.717, 1.165) is 74.6 Å². The first-order valence-electron chi connectivity index (χ1n) is 11.3. The van der Waals surface area contributed by atoms with E-state index >= 15 is 0 Å². The molecule has 2 N–H and O–H groups in total. The highest BCUT2D eigenvalue weighted by atomic mass is 32.1. The van der Waals surface area contributed by atoms with Crippen molar-refractivity contribution in [2.75, 3.05) is 42.9 Å². The number of para-hydroxylation sites is 1. The Morgan fingerprint density at radius 2 is 1.77 bits per heavy atom. The van der Waals surface area contributed by atoms with Gasteiger partial charge in [0.15, 0.2) is 0 Å². The molecule has 3 rings (SSSR count). The molecule has 2 aromatic carbocycles. The van der Waals surface area contributed by atoms with E-state index in [-0.39, 0.29) is 0 Å². The number of thiocarbonyl (C=S) groups is 1. The van der Waals surface area contributed by atoms with Crippen molar-refractivity contribution in [3.63, 3.8) is 0 Å². The Bertz CT molecular complexity index is 775. The van der Waals surface area contributed by atoms with E-state index in [1.807, 2.05) is 31.2 Å². The first-order chi connectivity index (χ1) is 14.7. The molecule has 0 radical (unpaired) electrons. The van der Waals surface area contributed by atoms with Crippen LogP contribution in [0.15, 0.2) is 54.6 Å². The lowest BCUT2D eigenvalue weighted by molar-refractivity contribution is 0.162. The Balaban J connectivity index is 1.31. The highest BCUT2D eigenvalue weighted by Crippen LogP contribution is 2.23. The van der Waals surface area contributed by atoms with E-state index in [2.05, 4.69) is 45.4 Å². The van der Waals surface area contributed by atoms with Gasteiger partial charge in [0.25, 0.3) is 0 Å². The molecule has 1 atom stereocenters. The molecule has 0 aliphatic carbocycles. The van der Waals surface area contributed by atoms with Crippen LogP contribution in [0, 0.1) is 0 Å². The van der Waals surface area contributed by atoms with Crippen LogP contribution in [0.2, 0.25) is 0 Å². The maximum atomic E-state index is 10.5. The van der Waals surface area contributed by atoms with Gasteiger partial charge in [0.1, 0.15) is 0 Å². The Labute approximate surface area is 186 Å². The van der Waals surface area contributed by atoms with E-state index in [1.54, 1.807) is 0 Å². The summed E-state index contributed by atoms with van der Waals surface area (Å²) >= 11 is 5.25. The summed E-state index contributed by atoms with van der Waals surface area (Å²) in [6, 6.07) is 18.7. The summed E-state index contributed by atoms with van der Waals surface area (Å²) in [7, 11) is 0. The smallest absolute Gasteiger partial charge is 0.0794 e. The second-order valence-electron chi connectivity index (χ2n) is 8.06. The average molecular weight is 426 g/mol. The van der Waals surface area contributed by atoms with Gasteiger partial charge in [-0.1, -0.05) is 62.3 Å². The van der Waals surface area contributed by atoms with Gasteiger partial charge in [-0.2, -0.15) is 0 Å². The van der Waals surface area contributed by atoms with Crippen molar-refractivity contribution in [3.8, 4) is 0 Å². The van der Waals surface area contributed by atoms with Crippen LogP contribution in [0.1, 0.15) is 50.7 Å². The zero-order chi connectivity index (χ0) is 21.2. The van der Waals surface area contributed by atoms with Crippen LogP contribution in [0.25, 0.3) is 0 Å². The number of anilines is 2. The monoisotopic (exact) mass is 425 g/mol. The van der Waals surface area contributed by atoms with Crippen molar-refractivity contribution in [1.82, 2.24) is 4.90 Å². The molecular weight excluding hydrogens is 390 g/mol. The number of piperazine rings is 1. The lowest BCUT2D eigenvalue weighted by Gasteiger charge is -2.36. The van der Waals surface area contributed by atoms with Crippen LogP contribution in [0.4, 0.5) is 11.4 Å². The molecule has 1 aliphatic heterocycles. The summed E-state index contributed by atoms with van der Waals surface area (Å²) in [6.45, 7) is 7.68. The molecule has 162 valence electrons. The maximum absolute atomic E-state index is 10.5. The molecule has 30 heavy (non-hydrogen) atoms. The number of unbranched alkanes of at least 4 members (excludes halogenated alkanes) is 2. The molecule has 1 heterocycles. The van der Waals surface area contributed by atoms with Crippen molar-refractivity contribution in [3.05, 3.63) is 60.2 Å². The van der Waals surface area contributed by atoms with Gasteiger partial charge in [0, 0.05) is 37.6 Å². The van der Waals surface area contributed by atoms with E-state index < -0.39 is 6.10 Å². The summed E-state index contributed by atoms with van der Waals surface area (Å²) in [5.41, 5.74) is 3.27.